The Morgan fingerprint density at radius 2 is 2.32 bits per heavy atom. The van der Waals surface area contributed by atoms with Gasteiger partial charge in [0.2, 0.25) is 0 Å². The lowest BCUT2D eigenvalue weighted by Crippen LogP contribution is -2.20. The summed E-state index contributed by atoms with van der Waals surface area (Å²) in [4.78, 5) is 23.7. The average molecular weight is 281 g/mol. The number of nitrogens with zero attached hydrogens (tertiary/aromatic N) is 4. The zero-order chi connectivity index (χ0) is 13.7. The van der Waals surface area contributed by atoms with E-state index in [1.54, 1.807) is 22.7 Å². The van der Waals surface area contributed by atoms with Gasteiger partial charge in [0.1, 0.15) is 16.9 Å². The number of thioether (sulfide) groups is 1. The number of carbonyl (C=O) groups is 1. The molecule has 0 radical (unpaired) electrons. The maximum absolute atomic E-state index is 11.0. The summed E-state index contributed by atoms with van der Waals surface area (Å²) in [6.07, 6.45) is 3.67. The highest BCUT2D eigenvalue weighted by Crippen LogP contribution is 2.23. The number of fused-ring (bicyclic) bond motifs is 1. The van der Waals surface area contributed by atoms with E-state index in [1.165, 1.54) is 13.4 Å². The Morgan fingerprint density at radius 1 is 1.47 bits per heavy atom. The van der Waals surface area contributed by atoms with Gasteiger partial charge >= 0.3 is 6.09 Å². The second kappa shape index (κ2) is 6.37. The fourth-order valence-electron chi connectivity index (χ4n) is 1.46. The molecule has 2 rings (SSSR count). The summed E-state index contributed by atoms with van der Waals surface area (Å²) in [5.41, 5.74) is 1.40. The summed E-state index contributed by atoms with van der Waals surface area (Å²) in [5, 5.41) is 3.24. The van der Waals surface area contributed by atoms with Crippen LogP contribution < -0.4 is 5.32 Å². The molecule has 0 atom stereocenters. The largest absolute Gasteiger partial charge is 0.428 e. The molecule has 19 heavy (non-hydrogen) atoms. The second-order valence-electron chi connectivity index (χ2n) is 3.72. The number of ether oxygens (including phenoxy) is 1. The van der Waals surface area contributed by atoms with Crippen molar-refractivity contribution in [1.29, 1.82) is 0 Å². The maximum Gasteiger partial charge on any atom is 0.408 e. The topological polar surface area (TPSA) is 81.9 Å². The lowest BCUT2D eigenvalue weighted by Gasteiger charge is -2.05. The number of alkyl carbamates (subject to hydrolysis) is 1. The first-order chi connectivity index (χ1) is 9.26. The van der Waals surface area contributed by atoms with Crippen LogP contribution in [0.4, 0.5) is 4.79 Å². The van der Waals surface area contributed by atoms with Gasteiger partial charge in [-0.05, 0) is 12.2 Å². The number of hydrogen-bond donors (Lipinski definition) is 1. The highest BCUT2D eigenvalue weighted by atomic mass is 32.2. The molecule has 102 valence electrons. The van der Waals surface area contributed by atoms with Crippen LogP contribution in [-0.4, -0.2) is 38.4 Å². The molecule has 1 N–H and O–H groups in total. The van der Waals surface area contributed by atoms with Gasteiger partial charge in [-0.15, -0.1) is 11.8 Å². The molecule has 2 aromatic rings. The number of imidazole rings is 1. The first-order valence-corrected chi connectivity index (χ1v) is 6.88. The van der Waals surface area contributed by atoms with Crippen LogP contribution >= 0.6 is 11.8 Å². The highest BCUT2D eigenvalue weighted by Gasteiger charge is 2.11. The van der Waals surface area contributed by atoms with Gasteiger partial charge in [-0.2, -0.15) is 0 Å². The zero-order valence-corrected chi connectivity index (χ0v) is 11.6. The van der Waals surface area contributed by atoms with E-state index >= 15 is 0 Å². The van der Waals surface area contributed by atoms with Crippen molar-refractivity contribution in [2.45, 2.75) is 25.1 Å². The van der Waals surface area contributed by atoms with Crippen LogP contribution in [-0.2, 0) is 11.5 Å². The van der Waals surface area contributed by atoms with Gasteiger partial charge in [-0.3, -0.25) is 4.57 Å². The fraction of sp³-hybridized carbons (Fsp3) is 0.455. The van der Waals surface area contributed by atoms with Crippen molar-refractivity contribution in [2.75, 3.05) is 12.8 Å². The number of aromatic nitrogens is 4. The maximum atomic E-state index is 11.0. The summed E-state index contributed by atoms with van der Waals surface area (Å²) in [6, 6.07) is 0. The second-order valence-corrected chi connectivity index (χ2v) is 4.81. The van der Waals surface area contributed by atoms with Crippen LogP contribution in [0, 0.1) is 0 Å². The van der Waals surface area contributed by atoms with Gasteiger partial charge in [-0.1, -0.05) is 6.92 Å². The van der Waals surface area contributed by atoms with Gasteiger partial charge in [0.15, 0.2) is 12.4 Å². The summed E-state index contributed by atoms with van der Waals surface area (Å²) >= 11 is 1.65. The van der Waals surface area contributed by atoms with Crippen LogP contribution in [0.2, 0.25) is 0 Å². The molecule has 0 aliphatic carbocycles. The third kappa shape index (κ3) is 3.14. The Bertz CT molecular complexity index is 571. The molecule has 2 heterocycles. The van der Waals surface area contributed by atoms with Crippen LogP contribution in [0.3, 0.4) is 0 Å². The molecule has 0 saturated heterocycles. The first kappa shape index (κ1) is 13.6. The van der Waals surface area contributed by atoms with E-state index in [9.17, 15) is 4.79 Å². The Morgan fingerprint density at radius 3 is 3.05 bits per heavy atom. The Hall–Kier alpha value is -1.83. The predicted octanol–water partition coefficient (Wildman–Crippen LogP) is 1.64. The number of rotatable bonds is 5. The van der Waals surface area contributed by atoms with Crippen molar-refractivity contribution in [1.82, 2.24) is 24.8 Å². The van der Waals surface area contributed by atoms with Crippen molar-refractivity contribution >= 4 is 29.0 Å². The summed E-state index contributed by atoms with van der Waals surface area (Å²) in [6.45, 7) is 2.19. The quantitative estimate of drug-likeness (QED) is 0.662. The van der Waals surface area contributed by atoms with Crippen LogP contribution in [0.25, 0.3) is 11.2 Å². The van der Waals surface area contributed by atoms with Crippen LogP contribution in [0.1, 0.15) is 13.3 Å². The van der Waals surface area contributed by atoms with E-state index in [1.807, 2.05) is 0 Å². The molecule has 2 aromatic heterocycles. The summed E-state index contributed by atoms with van der Waals surface area (Å²) in [7, 11) is 1.51. The molecule has 7 nitrogen and oxygen atoms in total. The lowest BCUT2D eigenvalue weighted by molar-refractivity contribution is 0.117. The van der Waals surface area contributed by atoms with Crippen molar-refractivity contribution in [3.63, 3.8) is 0 Å². The summed E-state index contributed by atoms with van der Waals surface area (Å²) < 4.78 is 6.64. The molecule has 1 amide bonds. The van der Waals surface area contributed by atoms with E-state index < -0.39 is 6.09 Å². The number of carbonyl (C=O) groups excluding carboxylic acids is 1. The molecular formula is C11H15N5O2S. The van der Waals surface area contributed by atoms with Gasteiger partial charge in [-0.25, -0.2) is 19.7 Å². The minimum atomic E-state index is -0.489. The molecule has 0 aromatic carbocycles. The van der Waals surface area contributed by atoms with E-state index in [4.69, 9.17) is 4.74 Å². The van der Waals surface area contributed by atoms with E-state index in [-0.39, 0.29) is 6.73 Å². The van der Waals surface area contributed by atoms with Gasteiger partial charge < -0.3 is 10.1 Å². The number of amides is 1. The predicted molar refractivity (Wildman–Crippen MR) is 71.9 cm³/mol. The molecule has 0 spiro atoms. The molecule has 0 saturated carbocycles. The third-order valence-electron chi connectivity index (χ3n) is 2.35. The Balaban J connectivity index is 2.20. The molecular weight excluding hydrogens is 266 g/mol. The number of nitrogens with one attached hydrogen (secondary N) is 1. The standard InChI is InChI=1S/C11H15N5O2S/c1-3-4-19-10-8-9(13-5-14-10)16(6-15-8)7-18-11(17)12-2/h5-6H,3-4,7H2,1-2H3,(H,12,17). The van der Waals surface area contributed by atoms with Crippen LogP contribution in [0.15, 0.2) is 17.7 Å². The van der Waals surface area contributed by atoms with Gasteiger partial charge in [0, 0.05) is 7.05 Å². The van der Waals surface area contributed by atoms with Crippen molar-refractivity contribution in [3.8, 4) is 0 Å². The number of hydrogen-bond acceptors (Lipinski definition) is 6. The van der Waals surface area contributed by atoms with E-state index in [0.29, 0.717) is 5.65 Å². The molecule has 0 bridgehead atoms. The zero-order valence-electron chi connectivity index (χ0n) is 10.8. The van der Waals surface area contributed by atoms with Crippen LogP contribution in [0.5, 0.6) is 0 Å². The van der Waals surface area contributed by atoms with E-state index in [2.05, 4.69) is 27.2 Å². The summed E-state index contributed by atoms with van der Waals surface area (Å²) in [5.74, 6) is 0.980. The highest BCUT2D eigenvalue weighted by molar-refractivity contribution is 7.99. The van der Waals surface area contributed by atoms with Crippen molar-refractivity contribution in [3.05, 3.63) is 12.7 Å². The average Bonchev–Trinajstić information content (AvgIpc) is 2.86. The van der Waals surface area contributed by atoms with Crippen molar-refractivity contribution in [2.24, 2.45) is 0 Å². The molecule has 0 aliphatic heterocycles. The van der Waals surface area contributed by atoms with Gasteiger partial charge in [0.05, 0.1) is 6.33 Å². The molecule has 0 fully saturated rings. The fourth-order valence-corrected chi connectivity index (χ4v) is 2.26. The van der Waals surface area contributed by atoms with Gasteiger partial charge in [0.25, 0.3) is 0 Å². The smallest absolute Gasteiger partial charge is 0.408 e. The minimum absolute atomic E-state index is 0.0745. The molecule has 0 aliphatic rings. The lowest BCUT2D eigenvalue weighted by atomic mass is 10.5. The first-order valence-electron chi connectivity index (χ1n) is 5.89. The Kier molecular flexibility index (Phi) is 4.56. The monoisotopic (exact) mass is 281 g/mol. The minimum Gasteiger partial charge on any atom is -0.428 e. The normalized spacial score (nSPS) is 10.6. The third-order valence-corrected chi connectivity index (χ3v) is 3.53. The Labute approximate surface area is 114 Å². The molecule has 8 heteroatoms. The SMILES string of the molecule is CCCSc1ncnc2c1ncn2COC(=O)NC. The van der Waals surface area contributed by atoms with Crippen molar-refractivity contribution < 1.29 is 9.53 Å². The van der Waals surface area contributed by atoms with E-state index in [0.717, 1.165) is 22.7 Å². The molecule has 0 unspecified atom stereocenters.